The van der Waals surface area contributed by atoms with Crippen molar-refractivity contribution in [3.63, 3.8) is 0 Å². The van der Waals surface area contributed by atoms with Crippen molar-refractivity contribution in [2.45, 2.75) is 71.3 Å². The number of hydrogen-bond donors (Lipinski definition) is 2. The molecule has 1 heterocycles. The molecular formula is C32H39NO7. The molecule has 1 aromatic rings. The molecule has 2 N–H and O–H groups in total. The van der Waals surface area contributed by atoms with Gasteiger partial charge >= 0.3 is 11.9 Å². The molecular weight excluding hydrogens is 510 g/mol. The Kier molecular flexibility index (Phi) is 8.22. The summed E-state index contributed by atoms with van der Waals surface area (Å²) < 4.78 is 11.7. The summed E-state index contributed by atoms with van der Waals surface area (Å²) in [5.74, 6) is -3.94. The fourth-order valence-electron chi connectivity index (χ4n) is 6.98. The van der Waals surface area contributed by atoms with E-state index < -0.39 is 58.7 Å². The normalized spacial score (nSPS) is 37.5. The fraction of sp³-hybridized carbons (Fsp3) is 0.500. The Labute approximate surface area is 235 Å². The van der Waals surface area contributed by atoms with Crippen LogP contribution in [0.15, 0.2) is 66.8 Å². The van der Waals surface area contributed by atoms with Crippen LogP contribution in [0, 0.1) is 29.1 Å². The second-order valence-corrected chi connectivity index (χ2v) is 11.6. The molecule has 214 valence electrons. The van der Waals surface area contributed by atoms with Crippen molar-refractivity contribution in [2.24, 2.45) is 29.1 Å². The molecule has 0 aromatic heterocycles. The SMILES string of the molecule is C=C1[C@@H](C)[C@H]2[C@H](Cc3ccccc3)NC(=O)[C@]23[C@@H](OC(C)=O)C=C[C@@](C)(O)C(=O)[C@@H](C)CC=C[C@H]3[C@@H]1OC(C)=O. The van der Waals surface area contributed by atoms with Gasteiger partial charge in [-0.05, 0) is 49.0 Å². The molecule has 8 heteroatoms. The standard InChI is InChI=1S/C32H39NO7/c1-18-11-10-14-24-28(40-22(5)35)20(3)19(2)27-25(17-23-12-8-7-9-13-23)33-30(37)32(24,27)26(39-21(4)34)15-16-31(6,38)29(18)36/h7-10,12-16,18-19,24-28,38H,3,11,17H2,1-2,4-6H3,(H,33,37)/t18-,19+,24-,25-,26-,27-,28+,31+,32+/m0/s1. The Morgan fingerprint density at radius 1 is 1.07 bits per heavy atom. The first-order valence-electron chi connectivity index (χ1n) is 13.8. The van der Waals surface area contributed by atoms with E-state index in [2.05, 4.69) is 11.9 Å². The molecule has 1 aromatic carbocycles. The average molecular weight is 550 g/mol. The lowest BCUT2D eigenvalue weighted by atomic mass is 9.51. The first-order chi connectivity index (χ1) is 18.8. The summed E-state index contributed by atoms with van der Waals surface area (Å²) in [5.41, 5.74) is -1.59. The van der Waals surface area contributed by atoms with Crippen LogP contribution in [0.25, 0.3) is 0 Å². The number of ether oxygens (including phenoxy) is 2. The van der Waals surface area contributed by atoms with Crippen molar-refractivity contribution in [1.29, 1.82) is 0 Å². The molecule has 8 nitrogen and oxygen atoms in total. The first kappa shape index (κ1) is 29.5. The second-order valence-electron chi connectivity index (χ2n) is 11.6. The third-order valence-corrected chi connectivity index (χ3v) is 8.79. The number of nitrogens with one attached hydrogen (secondary N) is 1. The van der Waals surface area contributed by atoms with E-state index in [-0.39, 0.29) is 17.9 Å². The third kappa shape index (κ3) is 5.17. The van der Waals surface area contributed by atoms with Gasteiger partial charge in [-0.1, -0.05) is 62.9 Å². The zero-order chi connectivity index (χ0) is 29.4. The smallest absolute Gasteiger partial charge is 0.303 e. The number of carbonyl (C=O) groups excluding carboxylic acids is 4. The van der Waals surface area contributed by atoms with Gasteiger partial charge in [-0.15, -0.1) is 0 Å². The van der Waals surface area contributed by atoms with Gasteiger partial charge in [-0.2, -0.15) is 0 Å². The van der Waals surface area contributed by atoms with E-state index >= 15 is 0 Å². The number of amides is 1. The van der Waals surface area contributed by atoms with Crippen molar-refractivity contribution in [3.8, 4) is 0 Å². The summed E-state index contributed by atoms with van der Waals surface area (Å²) in [4.78, 5) is 52.3. The zero-order valence-electron chi connectivity index (χ0n) is 23.8. The van der Waals surface area contributed by atoms with Gasteiger partial charge in [0, 0.05) is 37.6 Å². The highest BCUT2D eigenvalue weighted by Crippen LogP contribution is 2.59. The predicted molar refractivity (Wildman–Crippen MR) is 149 cm³/mol. The highest BCUT2D eigenvalue weighted by atomic mass is 16.6. The van der Waals surface area contributed by atoms with Gasteiger partial charge in [-0.3, -0.25) is 19.2 Å². The van der Waals surface area contributed by atoms with Gasteiger partial charge in [0.25, 0.3) is 0 Å². The van der Waals surface area contributed by atoms with Crippen LogP contribution in [0.5, 0.6) is 0 Å². The van der Waals surface area contributed by atoms with Gasteiger partial charge in [-0.25, -0.2) is 0 Å². The number of hydrogen-bond acceptors (Lipinski definition) is 7. The van der Waals surface area contributed by atoms with Crippen LogP contribution in [-0.2, 0) is 35.1 Å². The van der Waals surface area contributed by atoms with Gasteiger partial charge < -0.3 is 19.9 Å². The van der Waals surface area contributed by atoms with E-state index in [4.69, 9.17) is 9.47 Å². The van der Waals surface area contributed by atoms with Crippen LogP contribution < -0.4 is 5.32 Å². The molecule has 1 spiro atoms. The van der Waals surface area contributed by atoms with E-state index in [1.54, 1.807) is 19.1 Å². The highest BCUT2D eigenvalue weighted by molar-refractivity contribution is 5.91. The maximum absolute atomic E-state index is 14.4. The maximum atomic E-state index is 14.4. The van der Waals surface area contributed by atoms with Crippen LogP contribution in [0.3, 0.4) is 0 Å². The maximum Gasteiger partial charge on any atom is 0.303 e. The number of carbonyl (C=O) groups is 4. The van der Waals surface area contributed by atoms with Crippen molar-refractivity contribution in [2.75, 3.05) is 0 Å². The summed E-state index contributed by atoms with van der Waals surface area (Å²) >= 11 is 0. The van der Waals surface area contributed by atoms with Gasteiger partial charge in [0.05, 0.1) is 0 Å². The summed E-state index contributed by atoms with van der Waals surface area (Å²) in [6, 6.07) is 9.42. The molecule has 0 unspecified atom stereocenters. The average Bonchev–Trinajstić information content (AvgIpc) is 3.17. The summed E-state index contributed by atoms with van der Waals surface area (Å²) in [6.45, 7) is 11.9. The number of allylic oxidation sites excluding steroid dienone is 1. The molecule has 9 atom stereocenters. The van der Waals surface area contributed by atoms with E-state index in [0.29, 0.717) is 18.4 Å². The van der Waals surface area contributed by atoms with Crippen LogP contribution >= 0.6 is 0 Å². The van der Waals surface area contributed by atoms with Gasteiger partial charge in [0.2, 0.25) is 5.91 Å². The van der Waals surface area contributed by atoms with E-state index in [1.807, 2.05) is 37.3 Å². The van der Waals surface area contributed by atoms with Crippen molar-refractivity contribution in [1.82, 2.24) is 5.32 Å². The number of Topliss-reactive ketones (excluding diaryl/α,β-unsaturated/α-hetero) is 1. The topological polar surface area (TPSA) is 119 Å². The van der Waals surface area contributed by atoms with Crippen molar-refractivity contribution >= 4 is 23.6 Å². The van der Waals surface area contributed by atoms with Crippen molar-refractivity contribution < 1.29 is 33.8 Å². The molecule has 0 radical (unpaired) electrons. The van der Waals surface area contributed by atoms with E-state index in [1.165, 1.54) is 32.9 Å². The Balaban J connectivity index is 1.99. The minimum Gasteiger partial charge on any atom is -0.457 e. The van der Waals surface area contributed by atoms with E-state index in [0.717, 1.165) is 5.56 Å². The lowest BCUT2D eigenvalue weighted by Gasteiger charge is -2.53. The molecule has 4 rings (SSSR count). The Morgan fingerprint density at radius 2 is 1.73 bits per heavy atom. The van der Waals surface area contributed by atoms with Crippen LogP contribution in [0.2, 0.25) is 0 Å². The number of aliphatic hydroxyl groups is 1. The minimum atomic E-state index is -1.85. The summed E-state index contributed by atoms with van der Waals surface area (Å²) in [6.07, 6.45) is 5.14. The van der Waals surface area contributed by atoms with Crippen LogP contribution in [-0.4, -0.2) is 52.6 Å². The van der Waals surface area contributed by atoms with Crippen molar-refractivity contribution in [3.05, 3.63) is 72.4 Å². The van der Waals surface area contributed by atoms with Crippen LogP contribution in [0.4, 0.5) is 0 Å². The second kappa shape index (κ2) is 11.2. The zero-order valence-corrected chi connectivity index (χ0v) is 23.8. The molecule has 1 saturated heterocycles. The van der Waals surface area contributed by atoms with E-state index in [9.17, 15) is 24.3 Å². The Morgan fingerprint density at radius 3 is 2.35 bits per heavy atom. The summed E-state index contributed by atoms with van der Waals surface area (Å²) in [7, 11) is 0. The Bertz CT molecular complexity index is 1250. The summed E-state index contributed by atoms with van der Waals surface area (Å²) in [5, 5.41) is 14.3. The third-order valence-electron chi connectivity index (χ3n) is 8.79. The minimum absolute atomic E-state index is 0.294. The lowest BCUT2D eigenvalue weighted by molar-refractivity contribution is -0.173. The van der Waals surface area contributed by atoms with Crippen LogP contribution in [0.1, 0.15) is 46.6 Å². The number of ketones is 1. The number of benzene rings is 1. The molecule has 0 bridgehead atoms. The molecule has 2 fully saturated rings. The molecule has 40 heavy (non-hydrogen) atoms. The quantitative estimate of drug-likeness (QED) is 0.436. The fourth-order valence-corrected chi connectivity index (χ4v) is 6.98. The molecule has 3 aliphatic rings. The first-order valence-corrected chi connectivity index (χ1v) is 13.8. The number of esters is 2. The molecule has 2 aliphatic carbocycles. The van der Waals surface area contributed by atoms with Gasteiger partial charge in [0.1, 0.15) is 23.2 Å². The highest BCUT2D eigenvalue weighted by Gasteiger charge is 2.69. The predicted octanol–water partition coefficient (Wildman–Crippen LogP) is 3.49. The molecule has 1 amide bonds. The molecule has 1 aliphatic heterocycles. The van der Waals surface area contributed by atoms with Gasteiger partial charge in [0.15, 0.2) is 5.78 Å². The number of rotatable bonds is 4. The lowest BCUT2D eigenvalue weighted by Crippen LogP contribution is -2.61. The largest absolute Gasteiger partial charge is 0.457 e. The Hall–Kier alpha value is -3.52. The molecule has 1 saturated carbocycles. The monoisotopic (exact) mass is 549 g/mol.